The molecule has 0 aliphatic heterocycles. The molecule has 0 saturated carbocycles. The maximum atomic E-state index is 6.37. The minimum Gasteiger partial charge on any atom is -0.0622 e. The Morgan fingerprint density at radius 3 is 0.986 bits per heavy atom. The van der Waals surface area contributed by atoms with E-state index in [0.29, 0.717) is 12.8 Å². The summed E-state index contributed by atoms with van der Waals surface area (Å²) in [5.74, 6) is 0. The number of allylic oxidation sites excluding steroid dienone is 2. The number of unbranched alkanes of at least 4 members (excludes halogenated alkanes) is 2. The SMILES string of the molecule is [CH]CCC/C(=C(/c1ccccc1)c1ccc(-c2cccc3ccccc23)c2ccccc12)c1ccc(/C(CCC[CH])=C(\c2ccccc2)c2ccc(-c3cccc4ccccc34)c3ccccc23)cc1. The Balaban J connectivity index is 1.10. The van der Waals surface area contributed by atoms with Gasteiger partial charge in [-0.15, -0.1) is 0 Å². The van der Waals surface area contributed by atoms with Gasteiger partial charge in [-0.3, -0.25) is 0 Å². The highest BCUT2D eigenvalue weighted by Crippen LogP contribution is 2.45. The third-order valence-electron chi connectivity index (χ3n) is 14.1. The van der Waals surface area contributed by atoms with Crippen molar-refractivity contribution >= 4 is 65.4 Å². The van der Waals surface area contributed by atoms with Crippen LogP contribution >= 0.6 is 0 Å². The lowest BCUT2D eigenvalue weighted by Gasteiger charge is -2.22. The van der Waals surface area contributed by atoms with Crippen molar-refractivity contribution in [3.63, 3.8) is 0 Å². The average Bonchev–Trinajstić information content (AvgIpc) is 3.43. The van der Waals surface area contributed by atoms with Crippen LogP contribution in [0.15, 0.2) is 243 Å². The zero-order valence-corrected chi connectivity index (χ0v) is 39.5. The van der Waals surface area contributed by atoms with Crippen molar-refractivity contribution in [1.29, 1.82) is 0 Å². The summed E-state index contributed by atoms with van der Waals surface area (Å²) in [4.78, 5) is 0. The summed E-state index contributed by atoms with van der Waals surface area (Å²) in [5.41, 5.74) is 17.2. The highest BCUT2D eigenvalue weighted by atomic mass is 14.3. The fraction of sp³-hybridized carbons (Fsp3) is 0.0857. The first-order valence-corrected chi connectivity index (χ1v) is 24.8. The largest absolute Gasteiger partial charge is 0.0622 e. The van der Waals surface area contributed by atoms with Crippen molar-refractivity contribution < 1.29 is 0 Å². The molecule has 334 valence electrons. The molecular formula is C70H54. The molecule has 11 rings (SSSR count). The third-order valence-corrected chi connectivity index (χ3v) is 14.1. The van der Waals surface area contributed by atoms with Crippen LogP contribution in [0.1, 0.15) is 71.9 Å². The lowest BCUT2D eigenvalue weighted by Crippen LogP contribution is -2.00. The predicted octanol–water partition coefficient (Wildman–Crippen LogP) is 19.3. The van der Waals surface area contributed by atoms with Gasteiger partial charge in [0.05, 0.1) is 0 Å². The topological polar surface area (TPSA) is 0 Å². The minimum atomic E-state index is 0.601. The molecule has 11 aromatic carbocycles. The van der Waals surface area contributed by atoms with Gasteiger partial charge in [-0.2, -0.15) is 0 Å². The molecule has 0 atom stereocenters. The zero-order valence-electron chi connectivity index (χ0n) is 39.5. The fourth-order valence-electron chi connectivity index (χ4n) is 10.9. The fourth-order valence-corrected chi connectivity index (χ4v) is 10.9. The van der Waals surface area contributed by atoms with Gasteiger partial charge in [0.1, 0.15) is 0 Å². The van der Waals surface area contributed by atoms with E-state index in [-0.39, 0.29) is 0 Å². The summed E-state index contributed by atoms with van der Waals surface area (Å²) >= 11 is 0. The molecule has 70 heavy (non-hydrogen) atoms. The van der Waals surface area contributed by atoms with Gasteiger partial charge >= 0.3 is 0 Å². The molecule has 4 radical (unpaired) electrons. The van der Waals surface area contributed by atoms with Gasteiger partial charge in [-0.05, 0) is 173 Å². The summed E-state index contributed by atoms with van der Waals surface area (Å²) in [5, 5.41) is 9.92. The number of rotatable bonds is 14. The summed E-state index contributed by atoms with van der Waals surface area (Å²) in [6.07, 6.45) is 4.59. The second kappa shape index (κ2) is 20.3. The molecule has 0 unspecified atom stereocenters. The van der Waals surface area contributed by atoms with Gasteiger partial charge in [0.25, 0.3) is 0 Å². The van der Waals surface area contributed by atoms with E-state index in [2.05, 4.69) is 243 Å². The number of hydrogen-bond donors (Lipinski definition) is 0. The molecule has 0 amide bonds. The molecular weight excluding hydrogens is 841 g/mol. The molecule has 0 heterocycles. The van der Waals surface area contributed by atoms with Gasteiger partial charge in [0.15, 0.2) is 0 Å². The highest BCUT2D eigenvalue weighted by molar-refractivity contribution is 6.14. The maximum absolute atomic E-state index is 6.37. The van der Waals surface area contributed by atoms with Crippen LogP contribution in [-0.4, -0.2) is 0 Å². The van der Waals surface area contributed by atoms with Crippen molar-refractivity contribution in [3.05, 3.63) is 290 Å². The number of hydrogen-bond acceptors (Lipinski definition) is 0. The Hall–Kier alpha value is -8.06. The molecule has 0 fully saturated rings. The molecule has 0 aliphatic rings. The van der Waals surface area contributed by atoms with E-state index in [0.717, 1.165) is 25.7 Å². The first-order valence-electron chi connectivity index (χ1n) is 24.8. The van der Waals surface area contributed by atoms with Crippen molar-refractivity contribution in [1.82, 2.24) is 0 Å². The molecule has 11 aromatic rings. The summed E-state index contributed by atoms with van der Waals surface area (Å²) < 4.78 is 0. The van der Waals surface area contributed by atoms with Crippen LogP contribution in [0.2, 0.25) is 0 Å². The van der Waals surface area contributed by atoms with E-state index in [4.69, 9.17) is 13.8 Å². The van der Waals surface area contributed by atoms with Gasteiger partial charge in [-0.1, -0.05) is 243 Å². The molecule has 0 spiro atoms. The van der Waals surface area contributed by atoms with E-state index >= 15 is 0 Å². The second-order valence-electron chi connectivity index (χ2n) is 18.3. The standard InChI is InChI=1S/C70H54/c1-3-5-31-57(69(53-25-9-7-10-26-53)67-47-45-65(61-35-17-19-37-63(61)67)59-39-21-29-49-23-13-15-33-55(49)59)51-41-43-52(44-42-51)58(32-6-4-2)70(54-27-11-8-12-28-54)68-48-46-66(62-36-18-20-38-64(62)68)60-40-22-30-50-24-14-16-34-56(50)60/h1-2,7-30,33-48H,3-6,31-32H2/b69-57+,70-58+. The van der Waals surface area contributed by atoms with Crippen LogP contribution in [-0.2, 0) is 0 Å². The van der Waals surface area contributed by atoms with Crippen molar-refractivity contribution in [2.45, 2.75) is 38.5 Å². The van der Waals surface area contributed by atoms with Crippen LogP contribution < -0.4 is 0 Å². The van der Waals surface area contributed by atoms with E-state index in [1.807, 2.05) is 0 Å². The lowest BCUT2D eigenvalue weighted by atomic mass is 9.82. The Labute approximate surface area is 414 Å². The van der Waals surface area contributed by atoms with E-state index in [1.165, 1.54) is 121 Å². The smallest absolute Gasteiger partial charge is 0.00671 e. The molecule has 0 nitrogen and oxygen atoms in total. The van der Waals surface area contributed by atoms with Gasteiger partial charge < -0.3 is 0 Å². The Bertz CT molecular complexity index is 3440. The highest BCUT2D eigenvalue weighted by Gasteiger charge is 2.22. The molecule has 0 saturated heterocycles. The van der Waals surface area contributed by atoms with Crippen LogP contribution in [0.3, 0.4) is 0 Å². The first kappa shape index (κ1) is 44.4. The molecule has 0 aromatic heterocycles. The van der Waals surface area contributed by atoms with Gasteiger partial charge in [0.2, 0.25) is 0 Å². The first-order chi connectivity index (χ1) is 34.7. The van der Waals surface area contributed by atoms with E-state index in [9.17, 15) is 0 Å². The van der Waals surface area contributed by atoms with Crippen LogP contribution in [0.4, 0.5) is 0 Å². The second-order valence-corrected chi connectivity index (χ2v) is 18.3. The molecule has 0 aliphatic carbocycles. The minimum absolute atomic E-state index is 0.601. The number of benzene rings is 11. The monoisotopic (exact) mass is 894 g/mol. The lowest BCUT2D eigenvalue weighted by molar-refractivity contribution is 0.876. The normalized spacial score (nSPS) is 12.4. The average molecular weight is 895 g/mol. The van der Waals surface area contributed by atoms with Crippen LogP contribution in [0, 0.1) is 13.8 Å². The quantitative estimate of drug-likeness (QED) is 0.0954. The molecule has 0 heteroatoms. The zero-order chi connectivity index (χ0) is 47.2. The van der Waals surface area contributed by atoms with Crippen molar-refractivity contribution in [3.8, 4) is 22.3 Å². The van der Waals surface area contributed by atoms with E-state index in [1.54, 1.807) is 0 Å². The summed E-state index contributed by atoms with van der Waals surface area (Å²) in [7, 11) is 0. The Morgan fingerprint density at radius 2 is 0.586 bits per heavy atom. The van der Waals surface area contributed by atoms with E-state index < -0.39 is 0 Å². The number of fused-ring (bicyclic) bond motifs is 4. The maximum Gasteiger partial charge on any atom is -0.00671 e. The van der Waals surface area contributed by atoms with Crippen LogP contribution in [0.25, 0.3) is 87.6 Å². The molecule has 0 N–H and O–H groups in total. The van der Waals surface area contributed by atoms with Gasteiger partial charge in [-0.25, -0.2) is 0 Å². The Kier molecular flexibility index (Phi) is 12.9. The molecule has 0 bridgehead atoms. The summed E-state index contributed by atoms with van der Waals surface area (Å²) in [6.45, 7) is 12.7. The predicted molar refractivity (Wildman–Crippen MR) is 301 cm³/mol. The summed E-state index contributed by atoms with van der Waals surface area (Å²) in [6, 6.07) is 89.2. The van der Waals surface area contributed by atoms with Gasteiger partial charge in [0, 0.05) is 0 Å². The Morgan fingerprint density at radius 1 is 0.257 bits per heavy atom. The van der Waals surface area contributed by atoms with Crippen molar-refractivity contribution in [2.75, 3.05) is 0 Å². The van der Waals surface area contributed by atoms with Crippen molar-refractivity contribution in [2.24, 2.45) is 0 Å². The van der Waals surface area contributed by atoms with Crippen LogP contribution in [0.5, 0.6) is 0 Å². The third kappa shape index (κ3) is 8.56.